The second kappa shape index (κ2) is 10.6. The van der Waals surface area contributed by atoms with Crippen LogP contribution in [0.15, 0.2) is 60.7 Å². The van der Waals surface area contributed by atoms with Crippen LogP contribution >= 0.6 is 23.2 Å². The minimum absolute atomic E-state index is 0.208. The molecule has 0 heterocycles. The second-order valence-corrected chi connectivity index (χ2v) is 6.80. The van der Waals surface area contributed by atoms with Gasteiger partial charge >= 0.3 is 0 Å². The second-order valence-electron chi connectivity index (χ2n) is 5.92. The van der Waals surface area contributed by atoms with E-state index in [0.29, 0.717) is 16.6 Å². The van der Waals surface area contributed by atoms with Crippen molar-refractivity contribution < 1.29 is 9.59 Å². The van der Waals surface area contributed by atoms with Gasteiger partial charge in [-0.2, -0.15) is 0 Å². The van der Waals surface area contributed by atoms with Crippen molar-refractivity contribution in [3.63, 3.8) is 0 Å². The van der Waals surface area contributed by atoms with Crippen molar-refractivity contribution in [3.05, 3.63) is 81.9 Å². The van der Waals surface area contributed by atoms with Crippen molar-refractivity contribution >= 4 is 47.2 Å². The van der Waals surface area contributed by atoms with Gasteiger partial charge in [-0.1, -0.05) is 47.5 Å². The summed E-state index contributed by atoms with van der Waals surface area (Å²) in [5, 5.41) is 6.82. The van der Waals surface area contributed by atoms with Gasteiger partial charge in [0, 0.05) is 34.8 Å². The number of hydrogen-bond donors (Lipinski definition) is 2. The molecule has 6 heteroatoms. The highest BCUT2D eigenvalue weighted by atomic mass is 35.5. The molecule has 2 N–H and O–H groups in total. The number of amides is 2. The molecule has 0 spiro atoms. The molecule has 0 bridgehead atoms. The maximum atomic E-state index is 11.9. The van der Waals surface area contributed by atoms with Gasteiger partial charge in [-0.05, 0) is 54.5 Å². The van der Waals surface area contributed by atoms with Crippen molar-refractivity contribution in [2.45, 2.75) is 13.0 Å². The van der Waals surface area contributed by atoms with E-state index in [4.69, 9.17) is 23.2 Å². The molecule has 1 atom stereocenters. The molecule has 0 aliphatic carbocycles. The number of benzene rings is 2. The van der Waals surface area contributed by atoms with Crippen LogP contribution in [0.2, 0.25) is 10.0 Å². The van der Waals surface area contributed by atoms with Crippen LogP contribution in [0.4, 0.5) is 0 Å². The molecule has 0 saturated carbocycles. The molecule has 0 aliphatic rings. The van der Waals surface area contributed by atoms with E-state index in [9.17, 15) is 9.59 Å². The summed E-state index contributed by atoms with van der Waals surface area (Å²) >= 11 is 11.6. The third-order valence-corrected chi connectivity index (χ3v) is 4.07. The summed E-state index contributed by atoms with van der Waals surface area (Å²) in [5.41, 5.74) is 1.76. The first kappa shape index (κ1) is 20.7. The summed E-state index contributed by atoms with van der Waals surface area (Å²) in [6, 6.07) is 14.1. The zero-order valence-electron chi connectivity index (χ0n) is 14.8. The number of halogens is 2. The van der Waals surface area contributed by atoms with Gasteiger partial charge in [-0.15, -0.1) is 0 Å². The quantitative estimate of drug-likeness (QED) is 0.676. The van der Waals surface area contributed by atoms with Crippen molar-refractivity contribution in [1.82, 2.24) is 10.6 Å². The largest absolute Gasteiger partial charge is 0.351 e. The van der Waals surface area contributed by atoms with E-state index in [0.717, 1.165) is 11.1 Å². The van der Waals surface area contributed by atoms with Crippen LogP contribution in [0.25, 0.3) is 12.2 Å². The van der Waals surface area contributed by atoms with Crippen LogP contribution in [0, 0.1) is 0 Å². The van der Waals surface area contributed by atoms with Crippen molar-refractivity contribution in [2.75, 3.05) is 6.54 Å². The van der Waals surface area contributed by atoms with Gasteiger partial charge in [-0.3, -0.25) is 9.59 Å². The monoisotopic (exact) mass is 402 g/mol. The van der Waals surface area contributed by atoms with Gasteiger partial charge in [0.2, 0.25) is 11.8 Å². The lowest BCUT2D eigenvalue weighted by atomic mass is 10.2. The molecule has 27 heavy (non-hydrogen) atoms. The molecule has 0 unspecified atom stereocenters. The van der Waals surface area contributed by atoms with Crippen LogP contribution in [0.5, 0.6) is 0 Å². The summed E-state index contributed by atoms with van der Waals surface area (Å²) < 4.78 is 0. The summed E-state index contributed by atoms with van der Waals surface area (Å²) in [7, 11) is 0. The molecule has 2 rings (SSSR count). The number of carbonyl (C=O) groups is 2. The maximum absolute atomic E-state index is 11.9. The summed E-state index contributed by atoms with van der Waals surface area (Å²) in [4.78, 5) is 23.8. The number of hydrogen-bond acceptors (Lipinski definition) is 2. The Morgan fingerprint density at radius 1 is 0.852 bits per heavy atom. The Bertz CT molecular complexity index is 828. The SMILES string of the molecule is C[C@H](CNC(=O)/C=C\c1ccc(Cl)cc1)NC(=O)/C=C/c1ccc(Cl)cc1. The van der Waals surface area contributed by atoms with E-state index in [1.165, 1.54) is 12.2 Å². The van der Waals surface area contributed by atoms with Crippen LogP contribution in [0.1, 0.15) is 18.1 Å². The molecule has 0 radical (unpaired) electrons. The maximum Gasteiger partial charge on any atom is 0.244 e. The van der Waals surface area contributed by atoms with E-state index >= 15 is 0 Å². The van der Waals surface area contributed by atoms with Gasteiger partial charge in [0.1, 0.15) is 0 Å². The number of nitrogens with one attached hydrogen (secondary N) is 2. The summed E-state index contributed by atoms with van der Waals surface area (Å²) in [6.07, 6.45) is 6.29. The van der Waals surface area contributed by atoms with E-state index in [-0.39, 0.29) is 17.9 Å². The van der Waals surface area contributed by atoms with Gasteiger partial charge < -0.3 is 10.6 Å². The Hall–Kier alpha value is -2.56. The van der Waals surface area contributed by atoms with Crippen LogP contribution in [-0.4, -0.2) is 24.4 Å². The average molecular weight is 403 g/mol. The van der Waals surface area contributed by atoms with Gasteiger partial charge in [0.25, 0.3) is 0 Å². The molecular weight excluding hydrogens is 383 g/mol. The van der Waals surface area contributed by atoms with Crippen LogP contribution in [0.3, 0.4) is 0 Å². The molecule has 140 valence electrons. The van der Waals surface area contributed by atoms with Gasteiger partial charge in [0.05, 0.1) is 0 Å². The standard InChI is InChI=1S/C21H20Cl2N2O2/c1-15(25-21(27)13-7-17-4-10-19(23)11-5-17)14-24-20(26)12-6-16-2-8-18(22)9-3-16/h2-13,15H,14H2,1H3,(H,24,26)(H,25,27)/b12-6-,13-7+/t15-/m1/s1. The molecule has 4 nitrogen and oxygen atoms in total. The van der Waals surface area contributed by atoms with Crippen molar-refractivity contribution in [1.29, 1.82) is 0 Å². The Kier molecular flexibility index (Phi) is 8.11. The molecule has 0 aliphatic heterocycles. The van der Waals surface area contributed by atoms with Crippen LogP contribution in [-0.2, 0) is 9.59 Å². The molecule has 2 aromatic rings. The Labute approximate surface area is 168 Å². The Balaban J connectivity index is 1.73. The fraction of sp³-hybridized carbons (Fsp3) is 0.143. The lowest BCUT2D eigenvalue weighted by molar-refractivity contribution is -0.118. The fourth-order valence-electron chi connectivity index (χ4n) is 2.15. The first-order valence-corrected chi connectivity index (χ1v) is 9.13. The predicted octanol–water partition coefficient (Wildman–Crippen LogP) is 4.34. The summed E-state index contributed by atoms with van der Waals surface area (Å²) in [5.74, 6) is -0.467. The first-order chi connectivity index (χ1) is 12.9. The normalized spacial score (nSPS) is 12.3. The highest BCUT2D eigenvalue weighted by Crippen LogP contribution is 2.11. The van der Waals surface area contributed by atoms with E-state index in [2.05, 4.69) is 10.6 Å². The zero-order valence-corrected chi connectivity index (χ0v) is 16.3. The fourth-order valence-corrected chi connectivity index (χ4v) is 2.40. The Morgan fingerprint density at radius 3 is 1.78 bits per heavy atom. The molecule has 2 aromatic carbocycles. The highest BCUT2D eigenvalue weighted by Gasteiger charge is 2.05. The predicted molar refractivity (Wildman–Crippen MR) is 112 cm³/mol. The highest BCUT2D eigenvalue weighted by molar-refractivity contribution is 6.30. The minimum Gasteiger partial charge on any atom is -0.351 e. The molecule has 0 aromatic heterocycles. The Morgan fingerprint density at radius 2 is 1.30 bits per heavy atom. The third kappa shape index (κ3) is 8.11. The van der Waals surface area contributed by atoms with Gasteiger partial charge in [-0.25, -0.2) is 0 Å². The third-order valence-electron chi connectivity index (χ3n) is 3.57. The average Bonchev–Trinajstić information content (AvgIpc) is 2.65. The van der Waals surface area contributed by atoms with E-state index in [1.54, 1.807) is 36.4 Å². The zero-order chi connectivity index (χ0) is 19.6. The van der Waals surface area contributed by atoms with Crippen LogP contribution < -0.4 is 10.6 Å². The summed E-state index contributed by atoms with van der Waals surface area (Å²) in [6.45, 7) is 2.14. The molecular formula is C21H20Cl2N2O2. The lowest BCUT2D eigenvalue weighted by Gasteiger charge is -2.12. The van der Waals surface area contributed by atoms with Crippen molar-refractivity contribution in [3.8, 4) is 0 Å². The van der Waals surface area contributed by atoms with E-state index < -0.39 is 0 Å². The molecule has 2 amide bonds. The number of carbonyl (C=O) groups excluding carboxylic acids is 2. The topological polar surface area (TPSA) is 58.2 Å². The molecule has 0 fully saturated rings. The number of rotatable bonds is 7. The lowest BCUT2D eigenvalue weighted by Crippen LogP contribution is -2.40. The molecule has 0 saturated heterocycles. The first-order valence-electron chi connectivity index (χ1n) is 8.38. The van der Waals surface area contributed by atoms with E-state index in [1.807, 2.05) is 31.2 Å². The smallest absolute Gasteiger partial charge is 0.244 e. The van der Waals surface area contributed by atoms with Crippen molar-refractivity contribution in [2.24, 2.45) is 0 Å². The minimum atomic E-state index is -0.234. The van der Waals surface area contributed by atoms with Gasteiger partial charge in [0.15, 0.2) is 0 Å².